The number of anilines is 1. The number of nitrogens with zero attached hydrogens (tertiary/aromatic N) is 2. The molecule has 2 aromatic rings. The van der Waals surface area contributed by atoms with Crippen LogP contribution in [0.3, 0.4) is 0 Å². The first-order valence-electron chi connectivity index (χ1n) is 8.33. The quantitative estimate of drug-likeness (QED) is 0.841. The van der Waals surface area contributed by atoms with Gasteiger partial charge in [-0.3, -0.25) is 9.59 Å². The second kappa shape index (κ2) is 6.67. The molecule has 0 radical (unpaired) electrons. The molecule has 1 heterocycles. The van der Waals surface area contributed by atoms with Crippen molar-refractivity contribution < 1.29 is 14.0 Å². The van der Waals surface area contributed by atoms with Crippen molar-refractivity contribution in [2.45, 2.75) is 26.8 Å². The van der Waals surface area contributed by atoms with E-state index in [1.807, 2.05) is 32.0 Å². The highest BCUT2D eigenvalue weighted by molar-refractivity contribution is 6.03. The van der Waals surface area contributed by atoms with Crippen LogP contribution in [0.25, 0.3) is 0 Å². The van der Waals surface area contributed by atoms with Crippen LogP contribution < -0.4 is 4.90 Å². The van der Waals surface area contributed by atoms with Crippen LogP contribution in [0, 0.1) is 19.7 Å². The van der Waals surface area contributed by atoms with Crippen molar-refractivity contribution in [3.05, 3.63) is 65.0 Å². The van der Waals surface area contributed by atoms with Gasteiger partial charge in [0.05, 0.1) is 0 Å². The molecule has 1 fully saturated rings. The van der Waals surface area contributed by atoms with Gasteiger partial charge in [0.25, 0.3) is 5.91 Å². The molecule has 0 N–H and O–H groups in total. The second-order valence-electron chi connectivity index (χ2n) is 6.46. The summed E-state index contributed by atoms with van der Waals surface area (Å²) in [7, 11) is 0. The van der Waals surface area contributed by atoms with Gasteiger partial charge in [0, 0.05) is 24.3 Å². The fraction of sp³-hybridized carbons (Fsp3) is 0.300. The molecule has 0 aromatic heterocycles. The molecule has 0 unspecified atom stereocenters. The summed E-state index contributed by atoms with van der Waals surface area (Å²) in [5.41, 5.74) is 3.25. The maximum Gasteiger partial charge on any atom is 0.254 e. The standard InChI is InChI=1S/C20H21FN2O2/c1-13-7-8-14(2)18(11-13)23-10-9-22(15(3)19(23)24)20(25)16-5-4-6-17(21)12-16/h4-8,11-12,15H,9-10H2,1-3H3/t15-/m1/s1. The van der Waals surface area contributed by atoms with Crippen LogP contribution >= 0.6 is 0 Å². The zero-order valence-corrected chi connectivity index (χ0v) is 14.6. The lowest BCUT2D eigenvalue weighted by Gasteiger charge is -2.39. The number of benzene rings is 2. The molecular formula is C20H21FN2O2. The molecule has 1 atom stereocenters. The molecule has 3 rings (SSSR count). The lowest BCUT2D eigenvalue weighted by molar-refractivity contribution is -0.124. The van der Waals surface area contributed by atoms with Crippen LogP contribution in [0.15, 0.2) is 42.5 Å². The molecule has 2 aromatic carbocycles. The number of hydrogen-bond donors (Lipinski definition) is 0. The van der Waals surface area contributed by atoms with Gasteiger partial charge in [-0.1, -0.05) is 18.2 Å². The maximum absolute atomic E-state index is 13.4. The maximum atomic E-state index is 13.4. The summed E-state index contributed by atoms with van der Waals surface area (Å²) in [6.45, 7) is 6.51. The number of piperazine rings is 1. The van der Waals surface area contributed by atoms with Crippen molar-refractivity contribution >= 4 is 17.5 Å². The summed E-state index contributed by atoms with van der Waals surface area (Å²) in [5.74, 6) is -0.899. The molecule has 0 saturated carbocycles. The van der Waals surface area contributed by atoms with Crippen LogP contribution in [-0.4, -0.2) is 35.8 Å². The monoisotopic (exact) mass is 340 g/mol. The lowest BCUT2D eigenvalue weighted by Crippen LogP contribution is -2.58. The van der Waals surface area contributed by atoms with E-state index in [4.69, 9.17) is 0 Å². The minimum absolute atomic E-state index is 0.121. The Morgan fingerprint density at radius 2 is 1.88 bits per heavy atom. The molecule has 0 aliphatic carbocycles. The number of aryl methyl sites for hydroxylation is 2. The normalized spacial score (nSPS) is 17.8. The van der Waals surface area contributed by atoms with E-state index in [9.17, 15) is 14.0 Å². The van der Waals surface area contributed by atoms with E-state index in [0.29, 0.717) is 13.1 Å². The van der Waals surface area contributed by atoms with Gasteiger partial charge in [-0.15, -0.1) is 0 Å². The van der Waals surface area contributed by atoms with Gasteiger partial charge in [0.1, 0.15) is 11.9 Å². The molecule has 2 amide bonds. The Kier molecular flexibility index (Phi) is 4.57. The molecular weight excluding hydrogens is 319 g/mol. The first kappa shape index (κ1) is 17.1. The Morgan fingerprint density at radius 3 is 2.60 bits per heavy atom. The van der Waals surface area contributed by atoms with Crippen molar-refractivity contribution in [3.8, 4) is 0 Å². The van der Waals surface area contributed by atoms with Crippen molar-refractivity contribution in [1.82, 2.24) is 4.90 Å². The first-order chi connectivity index (χ1) is 11.9. The number of halogens is 1. The zero-order valence-electron chi connectivity index (χ0n) is 14.6. The number of carbonyl (C=O) groups excluding carboxylic acids is 2. The molecule has 4 nitrogen and oxygen atoms in total. The van der Waals surface area contributed by atoms with Gasteiger partial charge in [-0.05, 0) is 56.2 Å². The Bertz CT molecular complexity index is 834. The minimum atomic E-state index is -0.593. The molecule has 0 spiro atoms. The Morgan fingerprint density at radius 1 is 1.12 bits per heavy atom. The van der Waals surface area contributed by atoms with Crippen molar-refractivity contribution in [1.29, 1.82) is 0 Å². The van der Waals surface area contributed by atoms with E-state index in [1.165, 1.54) is 23.1 Å². The Balaban J connectivity index is 1.84. The van der Waals surface area contributed by atoms with Crippen LogP contribution in [0.4, 0.5) is 10.1 Å². The van der Waals surface area contributed by atoms with Crippen molar-refractivity contribution in [2.75, 3.05) is 18.0 Å². The smallest absolute Gasteiger partial charge is 0.254 e. The highest BCUT2D eigenvalue weighted by Gasteiger charge is 2.35. The number of hydrogen-bond acceptors (Lipinski definition) is 2. The molecule has 1 saturated heterocycles. The largest absolute Gasteiger partial charge is 0.325 e. The van der Waals surface area contributed by atoms with E-state index in [0.717, 1.165) is 16.8 Å². The zero-order chi connectivity index (χ0) is 18.1. The molecule has 25 heavy (non-hydrogen) atoms. The summed E-state index contributed by atoms with van der Waals surface area (Å²) < 4.78 is 13.4. The Labute approximate surface area is 146 Å². The highest BCUT2D eigenvalue weighted by atomic mass is 19.1. The van der Waals surface area contributed by atoms with Gasteiger partial charge < -0.3 is 9.80 Å². The third kappa shape index (κ3) is 3.27. The van der Waals surface area contributed by atoms with Crippen LogP contribution in [0.1, 0.15) is 28.4 Å². The number of carbonyl (C=O) groups is 2. The van der Waals surface area contributed by atoms with E-state index >= 15 is 0 Å². The van der Waals surface area contributed by atoms with Gasteiger partial charge in [-0.2, -0.15) is 0 Å². The van der Waals surface area contributed by atoms with Crippen molar-refractivity contribution in [3.63, 3.8) is 0 Å². The molecule has 1 aliphatic heterocycles. The van der Waals surface area contributed by atoms with Gasteiger partial charge in [-0.25, -0.2) is 4.39 Å². The fourth-order valence-electron chi connectivity index (χ4n) is 3.18. The van der Waals surface area contributed by atoms with Crippen LogP contribution in [0.2, 0.25) is 0 Å². The van der Waals surface area contributed by atoms with E-state index < -0.39 is 11.9 Å². The minimum Gasteiger partial charge on any atom is -0.325 e. The third-order valence-corrected chi connectivity index (χ3v) is 4.64. The Hall–Kier alpha value is -2.69. The number of rotatable bonds is 2. The predicted octanol–water partition coefficient (Wildman–Crippen LogP) is 3.32. The summed E-state index contributed by atoms with van der Waals surface area (Å²) in [6, 6.07) is 11.0. The topological polar surface area (TPSA) is 40.6 Å². The van der Waals surface area contributed by atoms with Crippen molar-refractivity contribution in [2.24, 2.45) is 0 Å². The molecule has 0 bridgehead atoms. The summed E-state index contributed by atoms with van der Waals surface area (Å²) in [4.78, 5) is 28.8. The highest BCUT2D eigenvalue weighted by Crippen LogP contribution is 2.26. The van der Waals surface area contributed by atoms with E-state index in [2.05, 4.69) is 0 Å². The third-order valence-electron chi connectivity index (χ3n) is 4.64. The van der Waals surface area contributed by atoms with Gasteiger partial charge in [0.2, 0.25) is 5.91 Å². The van der Waals surface area contributed by atoms with Gasteiger partial charge in [0.15, 0.2) is 0 Å². The average molecular weight is 340 g/mol. The summed E-state index contributed by atoms with van der Waals surface area (Å²) in [6.07, 6.45) is 0. The molecule has 5 heteroatoms. The summed E-state index contributed by atoms with van der Waals surface area (Å²) in [5, 5.41) is 0. The lowest BCUT2D eigenvalue weighted by atomic mass is 10.1. The predicted molar refractivity (Wildman–Crippen MR) is 95.2 cm³/mol. The molecule has 130 valence electrons. The van der Waals surface area contributed by atoms with E-state index in [-0.39, 0.29) is 17.4 Å². The van der Waals surface area contributed by atoms with Gasteiger partial charge >= 0.3 is 0 Å². The second-order valence-corrected chi connectivity index (χ2v) is 6.46. The van der Waals surface area contributed by atoms with E-state index in [1.54, 1.807) is 17.9 Å². The first-order valence-corrected chi connectivity index (χ1v) is 8.33. The molecule has 1 aliphatic rings. The average Bonchev–Trinajstić information content (AvgIpc) is 2.59. The van der Waals surface area contributed by atoms with Crippen LogP contribution in [0.5, 0.6) is 0 Å². The van der Waals surface area contributed by atoms with Crippen LogP contribution in [-0.2, 0) is 4.79 Å². The SMILES string of the molecule is Cc1ccc(C)c(N2CCN(C(=O)c3cccc(F)c3)[C@H](C)C2=O)c1. The number of amides is 2. The fourth-order valence-corrected chi connectivity index (χ4v) is 3.18. The summed E-state index contributed by atoms with van der Waals surface area (Å²) >= 11 is 0.